The molecule has 2 fully saturated rings. The minimum atomic E-state index is -4.52. The number of fused-ring (bicyclic) bond motifs is 2. The van der Waals surface area contributed by atoms with Gasteiger partial charge in [0.2, 0.25) is 0 Å². The highest BCUT2D eigenvalue weighted by atomic mass is 19.4. The second-order valence-electron chi connectivity index (χ2n) is 7.95. The van der Waals surface area contributed by atoms with Crippen LogP contribution in [-0.2, 0) is 17.5 Å². The van der Waals surface area contributed by atoms with Crippen LogP contribution in [0.3, 0.4) is 0 Å². The number of piperidine rings is 1. The van der Waals surface area contributed by atoms with E-state index in [4.69, 9.17) is 9.47 Å². The molecule has 2 bridgehead atoms. The Bertz CT molecular complexity index is 886. The summed E-state index contributed by atoms with van der Waals surface area (Å²) >= 11 is 0. The fraction of sp³-hybridized carbons (Fsp3) is 0.435. The van der Waals surface area contributed by atoms with E-state index in [1.165, 1.54) is 24.8 Å². The predicted octanol–water partition coefficient (Wildman–Crippen LogP) is 4.58. The Kier molecular flexibility index (Phi) is 5.84. The summed E-state index contributed by atoms with van der Waals surface area (Å²) < 4.78 is 50.0. The van der Waals surface area contributed by atoms with Gasteiger partial charge in [-0.15, -0.1) is 0 Å². The highest BCUT2D eigenvalue weighted by Gasteiger charge is 2.42. The molecule has 2 aliphatic heterocycles. The molecule has 0 spiro atoms. The molecular weight excluding hydrogens is 395 g/mol. The zero-order chi connectivity index (χ0) is 21.3. The van der Waals surface area contributed by atoms with Crippen molar-refractivity contribution in [2.75, 3.05) is 20.3 Å². The van der Waals surface area contributed by atoms with E-state index in [1.807, 2.05) is 18.2 Å². The number of alkyl halides is 3. The number of nitrogens with zero attached hydrogens (tertiary/aromatic N) is 1. The highest BCUT2D eigenvalue weighted by molar-refractivity contribution is 5.98. The summed E-state index contributed by atoms with van der Waals surface area (Å²) in [5, 5.41) is 0. The Balaban J connectivity index is 1.51. The second-order valence-corrected chi connectivity index (χ2v) is 7.95. The number of carbonyl (C=O) groups excluding carboxylic acids is 1. The van der Waals surface area contributed by atoms with E-state index in [0.717, 1.165) is 12.6 Å². The molecule has 7 heteroatoms. The highest BCUT2D eigenvalue weighted by Crippen LogP contribution is 2.39. The van der Waals surface area contributed by atoms with E-state index in [1.54, 1.807) is 0 Å². The summed E-state index contributed by atoms with van der Waals surface area (Å²) in [5.74, 6) is -0.686. The number of methoxy groups -OCH3 is 1. The summed E-state index contributed by atoms with van der Waals surface area (Å²) in [6.07, 6.45) is -3.26. The lowest BCUT2D eigenvalue weighted by Gasteiger charge is -2.48. The van der Waals surface area contributed by atoms with Crippen molar-refractivity contribution in [2.45, 2.75) is 37.6 Å². The lowest BCUT2D eigenvalue weighted by molar-refractivity contribution is -0.138. The van der Waals surface area contributed by atoms with Crippen LogP contribution in [0.15, 0.2) is 48.5 Å². The minimum absolute atomic E-state index is 0.114. The maximum atomic E-state index is 13.1. The van der Waals surface area contributed by atoms with Gasteiger partial charge in [-0.1, -0.05) is 36.4 Å². The van der Waals surface area contributed by atoms with Crippen LogP contribution in [0.4, 0.5) is 13.2 Å². The molecule has 0 aliphatic carbocycles. The molecule has 2 unspecified atom stereocenters. The van der Waals surface area contributed by atoms with Gasteiger partial charge in [0.15, 0.2) is 5.78 Å². The summed E-state index contributed by atoms with van der Waals surface area (Å²) in [6.45, 7) is 1.92. The number of hydrogen-bond donors (Lipinski definition) is 0. The third kappa shape index (κ3) is 4.23. The smallest absolute Gasteiger partial charge is 0.419 e. The van der Waals surface area contributed by atoms with Crippen molar-refractivity contribution in [3.8, 4) is 5.75 Å². The van der Waals surface area contributed by atoms with E-state index < -0.39 is 11.7 Å². The molecule has 2 aromatic carbocycles. The normalized spacial score (nSPS) is 24.5. The number of benzene rings is 2. The number of ether oxygens (including phenoxy) is 2. The average molecular weight is 419 g/mol. The standard InChI is InChI=1S/C23H24F3NO3/c1-29-21-11-16(7-8-20(21)23(24,25)26)22(28)17-9-18-13-30-14-19(10-17)27(18)12-15-5-3-2-4-6-15/h2-8,11,17-19H,9-10,12-14H2,1H3. The number of rotatable bonds is 5. The van der Waals surface area contributed by atoms with Gasteiger partial charge in [-0.2, -0.15) is 13.2 Å². The molecule has 0 saturated carbocycles. The van der Waals surface area contributed by atoms with Crippen molar-refractivity contribution in [3.63, 3.8) is 0 Å². The van der Waals surface area contributed by atoms with E-state index in [0.29, 0.717) is 26.1 Å². The van der Waals surface area contributed by atoms with Crippen LogP contribution < -0.4 is 4.74 Å². The molecule has 160 valence electrons. The van der Waals surface area contributed by atoms with E-state index in [-0.39, 0.29) is 35.1 Å². The molecule has 2 heterocycles. The quantitative estimate of drug-likeness (QED) is 0.666. The molecule has 2 aliphatic rings. The van der Waals surface area contributed by atoms with Crippen LogP contribution in [0.1, 0.15) is 34.3 Å². The molecule has 0 amide bonds. The molecule has 0 aromatic heterocycles. The number of ketones is 1. The van der Waals surface area contributed by atoms with Crippen LogP contribution in [0.2, 0.25) is 0 Å². The summed E-state index contributed by atoms with van der Waals surface area (Å²) in [5.41, 5.74) is 0.608. The maximum absolute atomic E-state index is 13.1. The number of hydrogen-bond acceptors (Lipinski definition) is 4. The summed E-state index contributed by atoms with van der Waals surface area (Å²) in [6, 6.07) is 13.8. The van der Waals surface area contributed by atoms with Crippen LogP contribution in [-0.4, -0.2) is 43.1 Å². The largest absolute Gasteiger partial charge is 0.496 e. The Labute approximate surface area is 173 Å². The molecule has 2 atom stereocenters. The van der Waals surface area contributed by atoms with Crippen LogP contribution in [0, 0.1) is 5.92 Å². The van der Waals surface area contributed by atoms with Gasteiger partial charge in [0.05, 0.1) is 25.9 Å². The first kappa shape index (κ1) is 20.9. The van der Waals surface area contributed by atoms with Crippen LogP contribution >= 0.6 is 0 Å². The third-order valence-corrected chi connectivity index (χ3v) is 6.04. The first-order chi connectivity index (χ1) is 14.4. The fourth-order valence-corrected chi connectivity index (χ4v) is 4.57. The van der Waals surface area contributed by atoms with Crippen LogP contribution in [0.5, 0.6) is 5.75 Å². The van der Waals surface area contributed by atoms with Gasteiger partial charge in [-0.3, -0.25) is 9.69 Å². The Hall–Kier alpha value is -2.38. The van der Waals surface area contributed by atoms with Crippen molar-refractivity contribution in [2.24, 2.45) is 5.92 Å². The molecule has 0 radical (unpaired) electrons. The van der Waals surface area contributed by atoms with E-state index in [2.05, 4.69) is 17.0 Å². The van der Waals surface area contributed by atoms with Gasteiger partial charge in [-0.25, -0.2) is 0 Å². The number of halogens is 3. The Morgan fingerprint density at radius 3 is 2.37 bits per heavy atom. The predicted molar refractivity (Wildman–Crippen MR) is 105 cm³/mol. The lowest BCUT2D eigenvalue weighted by Crippen LogP contribution is -2.57. The molecule has 0 N–H and O–H groups in total. The number of carbonyl (C=O) groups is 1. The van der Waals surface area contributed by atoms with E-state index >= 15 is 0 Å². The molecule has 30 heavy (non-hydrogen) atoms. The number of morpholine rings is 1. The van der Waals surface area contributed by atoms with Gasteiger partial charge >= 0.3 is 6.18 Å². The first-order valence-corrected chi connectivity index (χ1v) is 10.0. The van der Waals surface area contributed by atoms with Gasteiger partial charge in [0, 0.05) is 30.1 Å². The molecule has 2 aromatic rings. The maximum Gasteiger partial charge on any atom is 0.419 e. The van der Waals surface area contributed by atoms with Gasteiger partial charge in [0.1, 0.15) is 5.75 Å². The van der Waals surface area contributed by atoms with E-state index in [9.17, 15) is 18.0 Å². The number of Topliss-reactive ketones (excluding diaryl/α,β-unsaturated/α-hetero) is 1. The second kappa shape index (κ2) is 8.40. The lowest BCUT2D eigenvalue weighted by atomic mass is 9.80. The van der Waals surface area contributed by atoms with Gasteiger partial charge < -0.3 is 9.47 Å². The van der Waals surface area contributed by atoms with Crippen molar-refractivity contribution < 1.29 is 27.4 Å². The molecular formula is C23H24F3NO3. The van der Waals surface area contributed by atoms with Crippen molar-refractivity contribution >= 4 is 5.78 Å². The first-order valence-electron chi connectivity index (χ1n) is 10.0. The van der Waals surface area contributed by atoms with Crippen molar-refractivity contribution in [1.29, 1.82) is 0 Å². The Morgan fingerprint density at radius 2 is 1.77 bits per heavy atom. The fourth-order valence-electron chi connectivity index (χ4n) is 4.57. The molecule has 4 rings (SSSR count). The average Bonchev–Trinajstić information content (AvgIpc) is 2.72. The topological polar surface area (TPSA) is 38.8 Å². The van der Waals surface area contributed by atoms with Gasteiger partial charge in [0.25, 0.3) is 0 Å². The van der Waals surface area contributed by atoms with Crippen LogP contribution in [0.25, 0.3) is 0 Å². The summed E-state index contributed by atoms with van der Waals surface area (Å²) in [7, 11) is 1.18. The van der Waals surface area contributed by atoms with Crippen molar-refractivity contribution in [3.05, 3.63) is 65.2 Å². The minimum Gasteiger partial charge on any atom is -0.496 e. The summed E-state index contributed by atoms with van der Waals surface area (Å²) in [4.78, 5) is 15.5. The van der Waals surface area contributed by atoms with Gasteiger partial charge in [-0.05, 0) is 30.5 Å². The zero-order valence-corrected chi connectivity index (χ0v) is 16.7. The SMILES string of the molecule is COc1cc(C(=O)C2CC3COCC(C2)N3Cc2ccccc2)ccc1C(F)(F)F. The zero-order valence-electron chi connectivity index (χ0n) is 16.7. The van der Waals surface area contributed by atoms with Crippen molar-refractivity contribution in [1.82, 2.24) is 4.90 Å². The Morgan fingerprint density at radius 1 is 1.10 bits per heavy atom. The third-order valence-electron chi connectivity index (χ3n) is 6.04. The molecule has 2 saturated heterocycles. The monoisotopic (exact) mass is 419 g/mol. The molecule has 4 nitrogen and oxygen atoms in total.